The number of phenolic OH excluding ortho intramolecular Hbond substituents is 1. The second kappa shape index (κ2) is 3.99. The highest BCUT2D eigenvalue weighted by Gasteiger charge is 2.16. The lowest BCUT2D eigenvalue weighted by atomic mass is 9.86. The summed E-state index contributed by atoms with van der Waals surface area (Å²) in [5.74, 6) is 0.437. The minimum atomic E-state index is 0.437. The molecule has 19 heavy (non-hydrogen) atoms. The number of benzene rings is 3. The first-order chi connectivity index (χ1) is 9.34. The molecule has 0 saturated heterocycles. The minimum absolute atomic E-state index is 0.437. The number of aromatic hydroxyl groups is 1. The summed E-state index contributed by atoms with van der Waals surface area (Å²) in [5, 5.41) is 15.0. The molecular formula is C18H16O. The summed E-state index contributed by atoms with van der Waals surface area (Å²) in [4.78, 5) is 0. The lowest BCUT2D eigenvalue weighted by Crippen LogP contribution is -2.03. The lowest BCUT2D eigenvalue weighted by Gasteiger charge is -2.19. The minimum Gasteiger partial charge on any atom is -0.507 e. The third-order valence-corrected chi connectivity index (χ3v) is 4.33. The summed E-state index contributed by atoms with van der Waals surface area (Å²) in [7, 11) is 0. The van der Waals surface area contributed by atoms with E-state index in [2.05, 4.69) is 30.3 Å². The maximum absolute atomic E-state index is 10.4. The molecule has 0 fully saturated rings. The van der Waals surface area contributed by atoms with Gasteiger partial charge in [-0.05, 0) is 59.0 Å². The van der Waals surface area contributed by atoms with E-state index in [0.29, 0.717) is 5.75 Å². The van der Waals surface area contributed by atoms with Gasteiger partial charge in [0.25, 0.3) is 0 Å². The topological polar surface area (TPSA) is 20.2 Å². The van der Waals surface area contributed by atoms with Crippen LogP contribution in [-0.2, 0) is 12.8 Å². The van der Waals surface area contributed by atoms with E-state index < -0.39 is 0 Å². The molecule has 0 amide bonds. The van der Waals surface area contributed by atoms with Gasteiger partial charge in [0.05, 0.1) is 0 Å². The standard InChI is InChI=1S/C18H16O/c19-17-11-13-6-2-3-7-14(13)16-10-9-12-5-1-4-8-15(12)18(16)17/h2-3,6-7,9-11,19H,1,4-5,8H2. The van der Waals surface area contributed by atoms with Crippen molar-refractivity contribution in [2.45, 2.75) is 25.7 Å². The van der Waals surface area contributed by atoms with Gasteiger partial charge in [0.15, 0.2) is 0 Å². The molecule has 1 N–H and O–H groups in total. The molecule has 0 unspecified atom stereocenters. The van der Waals surface area contributed by atoms with Gasteiger partial charge in [-0.15, -0.1) is 0 Å². The van der Waals surface area contributed by atoms with Gasteiger partial charge in [-0.1, -0.05) is 36.4 Å². The molecule has 0 bridgehead atoms. The zero-order valence-corrected chi connectivity index (χ0v) is 10.8. The molecule has 0 aromatic heterocycles. The van der Waals surface area contributed by atoms with Crippen molar-refractivity contribution in [1.82, 2.24) is 0 Å². The molecule has 1 nitrogen and oxygen atoms in total. The predicted molar refractivity (Wildman–Crippen MR) is 79.8 cm³/mol. The van der Waals surface area contributed by atoms with Crippen LogP contribution in [0, 0.1) is 0 Å². The third-order valence-electron chi connectivity index (χ3n) is 4.33. The van der Waals surface area contributed by atoms with E-state index in [-0.39, 0.29) is 0 Å². The molecule has 1 aliphatic rings. The normalized spacial score (nSPS) is 14.7. The van der Waals surface area contributed by atoms with Crippen LogP contribution in [0.5, 0.6) is 5.75 Å². The Morgan fingerprint density at radius 2 is 1.68 bits per heavy atom. The number of fused-ring (bicyclic) bond motifs is 5. The summed E-state index contributed by atoms with van der Waals surface area (Å²) in [6, 6.07) is 14.6. The van der Waals surface area contributed by atoms with Crippen molar-refractivity contribution in [2.75, 3.05) is 0 Å². The van der Waals surface area contributed by atoms with Crippen molar-refractivity contribution in [3.05, 3.63) is 53.6 Å². The number of aryl methyl sites for hydroxylation is 2. The summed E-state index contributed by atoms with van der Waals surface area (Å²) < 4.78 is 0. The van der Waals surface area contributed by atoms with Gasteiger partial charge in [-0.2, -0.15) is 0 Å². The highest BCUT2D eigenvalue weighted by Crippen LogP contribution is 2.38. The van der Waals surface area contributed by atoms with Gasteiger partial charge in [-0.3, -0.25) is 0 Å². The molecule has 94 valence electrons. The van der Waals surface area contributed by atoms with Crippen molar-refractivity contribution in [3.8, 4) is 5.75 Å². The molecule has 3 aromatic carbocycles. The Morgan fingerprint density at radius 1 is 0.842 bits per heavy atom. The molecule has 3 aromatic rings. The monoisotopic (exact) mass is 248 g/mol. The Hall–Kier alpha value is -2.02. The smallest absolute Gasteiger partial charge is 0.124 e. The molecular weight excluding hydrogens is 232 g/mol. The number of hydrogen-bond acceptors (Lipinski definition) is 1. The SMILES string of the molecule is Oc1cc2ccccc2c2ccc3c(c12)CCCC3. The van der Waals surface area contributed by atoms with Crippen molar-refractivity contribution in [1.29, 1.82) is 0 Å². The largest absolute Gasteiger partial charge is 0.507 e. The Bertz CT molecular complexity index is 786. The van der Waals surface area contributed by atoms with Crippen molar-refractivity contribution in [2.24, 2.45) is 0 Å². The van der Waals surface area contributed by atoms with Crippen LogP contribution in [-0.4, -0.2) is 5.11 Å². The molecule has 1 aliphatic carbocycles. The van der Waals surface area contributed by atoms with Gasteiger partial charge in [0.2, 0.25) is 0 Å². The summed E-state index contributed by atoms with van der Waals surface area (Å²) in [6.45, 7) is 0. The Balaban J connectivity index is 2.20. The van der Waals surface area contributed by atoms with E-state index in [1.54, 1.807) is 0 Å². The molecule has 0 aliphatic heterocycles. The second-order valence-corrected chi connectivity index (χ2v) is 5.45. The van der Waals surface area contributed by atoms with Crippen LogP contribution in [0.15, 0.2) is 42.5 Å². The maximum atomic E-state index is 10.4. The molecule has 4 rings (SSSR count). The average Bonchev–Trinajstić information content (AvgIpc) is 2.46. The molecule has 0 radical (unpaired) electrons. The number of phenols is 1. The zero-order valence-electron chi connectivity index (χ0n) is 10.8. The van der Waals surface area contributed by atoms with E-state index in [1.807, 2.05) is 12.1 Å². The quantitative estimate of drug-likeness (QED) is 0.577. The molecule has 0 saturated carbocycles. The zero-order chi connectivity index (χ0) is 12.8. The fourth-order valence-corrected chi connectivity index (χ4v) is 3.43. The van der Waals surface area contributed by atoms with Gasteiger partial charge >= 0.3 is 0 Å². The van der Waals surface area contributed by atoms with Crippen LogP contribution in [0.2, 0.25) is 0 Å². The molecule has 0 heterocycles. The van der Waals surface area contributed by atoms with Crippen molar-refractivity contribution >= 4 is 21.5 Å². The van der Waals surface area contributed by atoms with E-state index in [0.717, 1.165) is 23.6 Å². The highest BCUT2D eigenvalue weighted by atomic mass is 16.3. The fourth-order valence-electron chi connectivity index (χ4n) is 3.43. The first-order valence-corrected chi connectivity index (χ1v) is 7.00. The first-order valence-electron chi connectivity index (χ1n) is 7.00. The van der Waals surface area contributed by atoms with Crippen molar-refractivity contribution < 1.29 is 5.11 Å². The van der Waals surface area contributed by atoms with Gasteiger partial charge in [0, 0.05) is 5.39 Å². The van der Waals surface area contributed by atoms with Crippen molar-refractivity contribution in [3.63, 3.8) is 0 Å². The van der Waals surface area contributed by atoms with Gasteiger partial charge in [0.1, 0.15) is 5.75 Å². The van der Waals surface area contributed by atoms with E-state index >= 15 is 0 Å². The Kier molecular flexibility index (Phi) is 2.28. The highest BCUT2D eigenvalue weighted by molar-refractivity contribution is 6.11. The van der Waals surface area contributed by atoms with Crippen LogP contribution in [0.25, 0.3) is 21.5 Å². The first kappa shape index (κ1) is 10.9. The van der Waals surface area contributed by atoms with Crippen LogP contribution in [0.4, 0.5) is 0 Å². The van der Waals surface area contributed by atoms with Crippen LogP contribution in [0.3, 0.4) is 0 Å². The lowest BCUT2D eigenvalue weighted by molar-refractivity contribution is 0.481. The predicted octanol–water partition coefficient (Wildman–Crippen LogP) is 4.58. The summed E-state index contributed by atoms with van der Waals surface area (Å²) >= 11 is 0. The average molecular weight is 248 g/mol. The summed E-state index contributed by atoms with van der Waals surface area (Å²) in [6.07, 6.45) is 4.75. The van der Waals surface area contributed by atoms with Gasteiger partial charge < -0.3 is 5.11 Å². The second-order valence-electron chi connectivity index (χ2n) is 5.45. The van der Waals surface area contributed by atoms with E-state index in [1.165, 1.54) is 34.7 Å². The Morgan fingerprint density at radius 3 is 2.63 bits per heavy atom. The van der Waals surface area contributed by atoms with E-state index in [4.69, 9.17) is 0 Å². The molecule has 0 spiro atoms. The van der Waals surface area contributed by atoms with E-state index in [9.17, 15) is 5.11 Å². The number of rotatable bonds is 0. The molecule has 1 heteroatoms. The third kappa shape index (κ3) is 1.54. The molecule has 0 atom stereocenters. The fraction of sp³-hybridized carbons (Fsp3) is 0.222. The Labute approximate surface area is 112 Å². The van der Waals surface area contributed by atoms with Gasteiger partial charge in [-0.25, -0.2) is 0 Å². The maximum Gasteiger partial charge on any atom is 0.124 e. The van der Waals surface area contributed by atoms with Crippen LogP contribution >= 0.6 is 0 Å². The summed E-state index contributed by atoms with van der Waals surface area (Å²) in [5.41, 5.74) is 2.79. The van der Waals surface area contributed by atoms with Crippen LogP contribution in [0.1, 0.15) is 24.0 Å². The number of hydrogen-bond donors (Lipinski definition) is 1. The van der Waals surface area contributed by atoms with Crippen LogP contribution < -0.4 is 0 Å².